The lowest BCUT2D eigenvalue weighted by Gasteiger charge is -2.11. The first kappa shape index (κ1) is 11.6. The summed E-state index contributed by atoms with van der Waals surface area (Å²) < 4.78 is 14.1. The highest BCUT2D eigenvalue weighted by Crippen LogP contribution is 2.15. The minimum absolute atomic E-state index is 0.190. The predicted molar refractivity (Wildman–Crippen MR) is 59.5 cm³/mol. The summed E-state index contributed by atoms with van der Waals surface area (Å²) in [5, 5.41) is 3.13. The van der Waals surface area contributed by atoms with Crippen LogP contribution in [0.4, 0.5) is 4.39 Å². The second-order valence-electron chi connectivity index (χ2n) is 3.25. The van der Waals surface area contributed by atoms with E-state index in [-0.39, 0.29) is 11.9 Å². The average Bonchev–Trinajstić information content (AvgIpc) is 2.19. The Morgan fingerprint density at radius 1 is 1.57 bits per heavy atom. The zero-order valence-electron chi connectivity index (χ0n) is 8.06. The third-order valence-electron chi connectivity index (χ3n) is 2.00. The van der Waals surface area contributed by atoms with Crippen LogP contribution in [0.2, 0.25) is 0 Å². The molecule has 3 N–H and O–H groups in total. The Kier molecular flexibility index (Phi) is 4.51. The first-order chi connectivity index (χ1) is 6.63. The van der Waals surface area contributed by atoms with Gasteiger partial charge in [-0.05, 0) is 25.1 Å². The van der Waals surface area contributed by atoms with Crippen molar-refractivity contribution in [2.45, 2.75) is 19.5 Å². The van der Waals surface area contributed by atoms with Crippen molar-refractivity contribution in [2.75, 3.05) is 6.54 Å². The Balaban J connectivity index is 2.62. The van der Waals surface area contributed by atoms with E-state index in [0.29, 0.717) is 18.7 Å². The van der Waals surface area contributed by atoms with Gasteiger partial charge in [0.1, 0.15) is 5.82 Å². The maximum atomic E-state index is 13.2. The smallest absolute Gasteiger partial charge is 0.127 e. The van der Waals surface area contributed by atoms with Crippen LogP contribution in [0.5, 0.6) is 0 Å². The van der Waals surface area contributed by atoms with Crippen LogP contribution in [0.25, 0.3) is 0 Å². The summed E-state index contributed by atoms with van der Waals surface area (Å²) in [6.45, 7) is 3.02. The lowest BCUT2D eigenvalue weighted by Crippen LogP contribution is -2.32. The van der Waals surface area contributed by atoms with Crippen LogP contribution >= 0.6 is 15.9 Å². The van der Waals surface area contributed by atoms with Crippen molar-refractivity contribution in [2.24, 2.45) is 5.73 Å². The van der Waals surface area contributed by atoms with E-state index in [1.165, 1.54) is 6.07 Å². The molecule has 1 aromatic rings. The highest BCUT2D eigenvalue weighted by molar-refractivity contribution is 9.10. The van der Waals surface area contributed by atoms with Crippen molar-refractivity contribution in [3.63, 3.8) is 0 Å². The van der Waals surface area contributed by atoms with E-state index in [2.05, 4.69) is 21.2 Å². The van der Waals surface area contributed by atoms with Gasteiger partial charge in [-0.1, -0.05) is 15.9 Å². The lowest BCUT2D eigenvalue weighted by atomic mass is 10.2. The number of halogens is 2. The minimum atomic E-state index is -0.190. The van der Waals surface area contributed by atoms with Gasteiger partial charge in [0.15, 0.2) is 0 Å². The Bertz CT molecular complexity index is 304. The molecular formula is C10H14BrFN2. The van der Waals surface area contributed by atoms with Crippen molar-refractivity contribution in [3.8, 4) is 0 Å². The Morgan fingerprint density at radius 3 is 2.93 bits per heavy atom. The molecule has 0 aliphatic rings. The van der Waals surface area contributed by atoms with Gasteiger partial charge in [-0.2, -0.15) is 0 Å². The number of hydrogen-bond donors (Lipinski definition) is 2. The van der Waals surface area contributed by atoms with Gasteiger partial charge in [-0.15, -0.1) is 0 Å². The van der Waals surface area contributed by atoms with Gasteiger partial charge in [0.2, 0.25) is 0 Å². The summed E-state index contributed by atoms with van der Waals surface area (Å²) in [7, 11) is 0. The molecule has 1 unspecified atom stereocenters. The predicted octanol–water partition coefficient (Wildman–Crippen LogP) is 2.03. The Hall–Kier alpha value is -0.450. The molecule has 0 radical (unpaired) electrons. The van der Waals surface area contributed by atoms with Gasteiger partial charge in [0.05, 0.1) is 0 Å². The largest absolute Gasteiger partial charge is 0.329 e. The van der Waals surface area contributed by atoms with E-state index >= 15 is 0 Å². The molecule has 78 valence electrons. The molecule has 0 amide bonds. The van der Waals surface area contributed by atoms with Gasteiger partial charge in [-0.25, -0.2) is 4.39 Å². The van der Waals surface area contributed by atoms with E-state index in [0.717, 1.165) is 4.47 Å². The summed E-state index contributed by atoms with van der Waals surface area (Å²) in [6, 6.07) is 5.11. The van der Waals surface area contributed by atoms with Gasteiger partial charge in [-0.3, -0.25) is 0 Å². The number of benzene rings is 1. The molecule has 0 saturated heterocycles. The molecule has 0 saturated carbocycles. The zero-order chi connectivity index (χ0) is 10.6. The standard InChI is InChI=1S/C10H14BrFN2/c1-7(5-13)14-6-8-4-9(11)2-3-10(8)12/h2-4,7,14H,5-6,13H2,1H3. The molecule has 0 spiro atoms. The second-order valence-corrected chi connectivity index (χ2v) is 4.17. The van der Waals surface area contributed by atoms with Crippen LogP contribution < -0.4 is 11.1 Å². The maximum Gasteiger partial charge on any atom is 0.127 e. The van der Waals surface area contributed by atoms with E-state index in [9.17, 15) is 4.39 Å². The Morgan fingerprint density at radius 2 is 2.29 bits per heavy atom. The van der Waals surface area contributed by atoms with Crippen molar-refractivity contribution in [1.82, 2.24) is 5.32 Å². The van der Waals surface area contributed by atoms with Crippen molar-refractivity contribution < 1.29 is 4.39 Å². The normalized spacial score (nSPS) is 12.9. The SMILES string of the molecule is CC(CN)NCc1cc(Br)ccc1F. The fourth-order valence-electron chi connectivity index (χ4n) is 1.05. The highest BCUT2D eigenvalue weighted by atomic mass is 79.9. The van der Waals surface area contributed by atoms with Crippen LogP contribution in [0.3, 0.4) is 0 Å². The van der Waals surface area contributed by atoms with Crippen molar-refractivity contribution in [3.05, 3.63) is 34.1 Å². The zero-order valence-corrected chi connectivity index (χ0v) is 9.64. The van der Waals surface area contributed by atoms with Gasteiger partial charge in [0.25, 0.3) is 0 Å². The molecule has 0 heterocycles. The van der Waals surface area contributed by atoms with Crippen LogP contribution in [0.1, 0.15) is 12.5 Å². The Labute approximate surface area is 91.8 Å². The van der Waals surface area contributed by atoms with Crippen molar-refractivity contribution in [1.29, 1.82) is 0 Å². The number of hydrogen-bond acceptors (Lipinski definition) is 2. The molecule has 2 nitrogen and oxygen atoms in total. The van der Waals surface area contributed by atoms with Crippen molar-refractivity contribution >= 4 is 15.9 Å². The highest BCUT2D eigenvalue weighted by Gasteiger charge is 2.04. The maximum absolute atomic E-state index is 13.2. The lowest BCUT2D eigenvalue weighted by molar-refractivity contribution is 0.533. The van der Waals surface area contributed by atoms with Gasteiger partial charge in [0, 0.05) is 29.2 Å². The quantitative estimate of drug-likeness (QED) is 0.870. The monoisotopic (exact) mass is 260 g/mol. The fraction of sp³-hybridized carbons (Fsp3) is 0.400. The first-order valence-corrected chi connectivity index (χ1v) is 5.30. The number of rotatable bonds is 4. The van der Waals surface area contributed by atoms with E-state index < -0.39 is 0 Å². The molecule has 1 rings (SSSR count). The molecule has 1 atom stereocenters. The van der Waals surface area contributed by atoms with Crippen LogP contribution in [-0.2, 0) is 6.54 Å². The van der Waals surface area contributed by atoms with Crippen LogP contribution in [0.15, 0.2) is 22.7 Å². The molecule has 14 heavy (non-hydrogen) atoms. The van der Waals surface area contributed by atoms with Crippen LogP contribution in [0, 0.1) is 5.82 Å². The van der Waals surface area contributed by atoms with Gasteiger partial charge < -0.3 is 11.1 Å². The molecule has 1 aromatic carbocycles. The fourth-order valence-corrected chi connectivity index (χ4v) is 1.45. The summed E-state index contributed by atoms with van der Waals surface area (Å²) in [6.07, 6.45) is 0. The summed E-state index contributed by atoms with van der Waals surface area (Å²) in [5.74, 6) is -0.190. The molecular weight excluding hydrogens is 247 g/mol. The summed E-state index contributed by atoms with van der Waals surface area (Å²) in [4.78, 5) is 0. The molecule has 0 aromatic heterocycles. The molecule has 0 fully saturated rings. The van der Waals surface area contributed by atoms with E-state index in [1.807, 2.05) is 6.92 Å². The topological polar surface area (TPSA) is 38.0 Å². The van der Waals surface area contributed by atoms with E-state index in [4.69, 9.17) is 5.73 Å². The molecule has 0 bridgehead atoms. The first-order valence-electron chi connectivity index (χ1n) is 4.51. The number of nitrogens with two attached hydrogens (primary N) is 1. The van der Waals surface area contributed by atoms with Gasteiger partial charge >= 0.3 is 0 Å². The second kappa shape index (κ2) is 5.44. The summed E-state index contributed by atoms with van der Waals surface area (Å²) >= 11 is 3.30. The molecule has 0 aliphatic heterocycles. The molecule has 4 heteroatoms. The third-order valence-corrected chi connectivity index (χ3v) is 2.50. The number of nitrogens with one attached hydrogen (secondary N) is 1. The summed E-state index contributed by atoms with van der Waals surface area (Å²) in [5.41, 5.74) is 6.09. The van der Waals surface area contributed by atoms with E-state index in [1.54, 1.807) is 12.1 Å². The third kappa shape index (κ3) is 3.36. The average molecular weight is 261 g/mol. The van der Waals surface area contributed by atoms with Crippen LogP contribution in [-0.4, -0.2) is 12.6 Å². The minimum Gasteiger partial charge on any atom is -0.329 e. The molecule has 0 aliphatic carbocycles.